The third kappa shape index (κ3) is 5.85. The van der Waals surface area contributed by atoms with E-state index in [-0.39, 0.29) is 5.69 Å². The van der Waals surface area contributed by atoms with Gasteiger partial charge in [0.2, 0.25) is 10.0 Å². The van der Waals surface area contributed by atoms with E-state index in [0.717, 1.165) is 16.1 Å². The minimum atomic E-state index is -3.71. The van der Waals surface area contributed by atoms with Crippen LogP contribution in [0.1, 0.15) is 23.6 Å². The normalized spacial score (nSPS) is 11.8. The van der Waals surface area contributed by atoms with Crippen LogP contribution in [-0.4, -0.2) is 37.8 Å². The molecule has 0 bridgehead atoms. The molecule has 10 heteroatoms. The summed E-state index contributed by atoms with van der Waals surface area (Å²) in [5.74, 6) is -0.638. The van der Waals surface area contributed by atoms with Gasteiger partial charge in [-0.2, -0.15) is 5.10 Å². The van der Waals surface area contributed by atoms with Gasteiger partial charge in [-0.05, 0) is 38.0 Å². The first kappa shape index (κ1) is 22.0. The van der Waals surface area contributed by atoms with Crippen molar-refractivity contribution < 1.29 is 18.1 Å². The fourth-order valence-electron chi connectivity index (χ4n) is 2.59. The summed E-state index contributed by atoms with van der Waals surface area (Å²) in [6.45, 7) is 4.72. The quantitative estimate of drug-likeness (QED) is 0.421. The molecule has 0 radical (unpaired) electrons. The van der Waals surface area contributed by atoms with Gasteiger partial charge in [0, 0.05) is 17.7 Å². The molecule has 0 saturated heterocycles. The number of aryl methyl sites for hydroxylation is 2. The Morgan fingerprint density at radius 1 is 1.21 bits per heavy atom. The molecule has 1 N–H and O–H groups in total. The van der Waals surface area contributed by atoms with Gasteiger partial charge in [0.25, 0.3) is 11.6 Å². The van der Waals surface area contributed by atoms with Crippen LogP contribution in [0.2, 0.25) is 0 Å². The molecule has 154 valence electrons. The van der Waals surface area contributed by atoms with Gasteiger partial charge < -0.3 is 0 Å². The minimum absolute atomic E-state index is 0.0958. The molecule has 2 rings (SSSR count). The van der Waals surface area contributed by atoms with Crippen molar-refractivity contribution in [3.05, 3.63) is 69.3 Å². The number of benzene rings is 2. The first-order valence-corrected chi connectivity index (χ1v) is 10.5. The number of hydrogen-bond acceptors (Lipinski definition) is 6. The van der Waals surface area contributed by atoms with Gasteiger partial charge in [-0.25, -0.2) is 13.8 Å². The summed E-state index contributed by atoms with van der Waals surface area (Å²) in [4.78, 5) is 22.7. The Bertz CT molecular complexity index is 1080. The summed E-state index contributed by atoms with van der Waals surface area (Å²) in [6, 6.07) is 11.2. The number of hydrazone groups is 1. The Kier molecular flexibility index (Phi) is 6.70. The number of nitrogens with zero attached hydrogens (tertiary/aromatic N) is 3. The molecular formula is C19H22N4O5S. The molecule has 0 aliphatic rings. The van der Waals surface area contributed by atoms with Crippen molar-refractivity contribution in [1.29, 1.82) is 0 Å². The van der Waals surface area contributed by atoms with Crippen LogP contribution in [0.4, 0.5) is 11.4 Å². The number of non-ortho nitro benzene ring substituents is 1. The molecule has 0 heterocycles. The van der Waals surface area contributed by atoms with E-state index >= 15 is 0 Å². The molecule has 0 saturated carbocycles. The number of nitro benzene ring substituents is 1. The van der Waals surface area contributed by atoms with Crippen LogP contribution in [0.15, 0.2) is 47.6 Å². The molecule has 0 aliphatic heterocycles. The van der Waals surface area contributed by atoms with E-state index in [1.165, 1.54) is 18.2 Å². The number of amides is 1. The molecule has 0 spiro atoms. The molecule has 0 atom stereocenters. The summed E-state index contributed by atoms with van der Waals surface area (Å²) < 4.78 is 25.5. The van der Waals surface area contributed by atoms with Gasteiger partial charge in [0.1, 0.15) is 6.54 Å². The van der Waals surface area contributed by atoms with Crippen molar-refractivity contribution in [3.63, 3.8) is 0 Å². The minimum Gasteiger partial charge on any atom is -0.271 e. The van der Waals surface area contributed by atoms with Crippen LogP contribution in [0.25, 0.3) is 0 Å². The second-order valence-corrected chi connectivity index (χ2v) is 8.51. The maximum absolute atomic E-state index is 12.3. The van der Waals surface area contributed by atoms with Gasteiger partial charge in [0.15, 0.2) is 0 Å². The van der Waals surface area contributed by atoms with Crippen LogP contribution in [0.5, 0.6) is 0 Å². The van der Waals surface area contributed by atoms with Crippen molar-refractivity contribution in [2.75, 3.05) is 17.1 Å². The average Bonchev–Trinajstić information content (AvgIpc) is 2.65. The van der Waals surface area contributed by atoms with Crippen LogP contribution in [-0.2, 0) is 14.8 Å². The fraction of sp³-hybridized carbons (Fsp3) is 0.263. The largest absolute Gasteiger partial charge is 0.271 e. The predicted octanol–water partition coefficient (Wildman–Crippen LogP) is 2.52. The van der Waals surface area contributed by atoms with Gasteiger partial charge in [-0.3, -0.25) is 19.2 Å². The molecular weight excluding hydrogens is 396 g/mol. The van der Waals surface area contributed by atoms with E-state index in [2.05, 4.69) is 10.5 Å². The molecule has 29 heavy (non-hydrogen) atoms. The maximum Gasteiger partial charge on any atom is 0.270 e. The smallest absolute Gasteiger partial charge is 0.270 e. The van der Waals surface area contributed by atoms with Crippen molar-refractivity contribution in [1.82, 2.24) is 5.43 Å². The average molecular weight is 418 g/mol. The summed E-state index contributed by atoms with van der Waals surface area (Å²) in [5.41, 5.74) is 5.02. The molecule has 2 aromatic carbocycles. The molecule has 0 aromatic heterocycles. The molecule has 1 amide bonds. The van der Waals surface area contributed by atoms with Gasteiger partial charge in [-0.15, -0.1) is 0 Å². The number of anilines is 1. The Morgan fingerprint density at radius 3 is 2.52 bits per heavy atom. The molecule has 9 nitrogen and oxygen atoms in total. The summed E-state index contributed by atoms with van der Waals surface area (Å²) >= 11 is 0. The van der Waals surface area contributed by atoms with E-state index in [1.807, 2.05) is 13.0 Å². The van der Waals surface area contributed by atoms with E-state index in [1.54, 1.807) is 32.0 Å². The lowest BCUT2D eigenvalue weighted by Gasteiger charge is -2.23. The number of carbonyl (C=O) groups is 1. The lowest BCUT2D eigenvalue weighted by atomic mass is 10.1. The van der Waals surface area contributed by atoms with Crippen LogP contribution >= 0.6 is 0 Å². The standard InChI is InChI=1S/C19H22N4O5S/c1-13-8-9-14(2)18(10-13)22(29(4,27)28)12-19(24)21-20-15(3)16-6-5-7-17(11-16)23(25)26/h5-11H,12H2,1-4H3,(H,21,24)/b20-15-. The number of rotatable bonds is 7. The summed E-state index contributed by atoms with van der Waals surface area (Å²) in [7, 11) is -3.71. The third-order valence-corrected chi connectivity index (χ3v) is 5.27. The van der Waals surface area contributed by atoms with Crippen LogP contribution in [0, 0.1) is 24.0 Å². The lowest BCUT2D eigenvalue weighted by molar-refractivity contribution is -0.384. The second-order valence-electron chi connectivity index (χ2n) is 6.60. The second kappa shape index (κ2) is 8.82. The highest BCUT2D eigenvalue weighted by Crippen LogP contribution is 2.23. The topological polar surface area (TPSA) is 122 Å². The summed E-state index contributed by atoms with van der Waals surface area (Å²) in [6.07, 6.45) is 1.03. The maximum atomic E-state index is 12.3. The predicted molar refractivity (Wildman–Crippen MR) is 112 cm³/mol. The van der Waals surface area contributed by atoms with Crippen molar-refractivity contribution in [3.8, 4) is 0 Å². The number of hydrogen-bond donors (Lipinski definition) is 1. The van der Waals surface area contributed by atoms with Gasteiger partial charge >= 0.3 is 0 Å². The molecule has 0 fully saturated rings. The first-order chi connectivity index (χ1) is 13.5. The Balaban J connectivity index is 2.21. The highest BCUT2D eigenvalue weighted by Gasteiger charge is 2.22. The zero-order chi connectivity index (χ0) is 21.8. The number of carbonyl (C=O) groups excluding carboxylic acids is 1. The Labute approximate surface area is 169 Å². The number of sulfonamides is 1. The summed E-state index contributed by atoms with van der Waals surface area (Å²) in [5, 5.41) is 14.8. The van der Waals surface area contributed by atoms with Crippen molar-refractivity contribution in [2.24, 2.45) is 5.10 Å². The number of nitro groups is 1. The first-order valence-electron chi connectivity index (χ1n) is 8.62. The van der Waals surface area contributed by atoms with Crippen LogP contribution in [0.3, 0.4) is 0 Å². The monoisotopic (exact) mass is 418 g/mol. The van der Waals surface area contributed by atoms with Crippen molar-refractivity contribution in [2.45, 2.75) is 20.8 Å². The molecule has 0 aliphatic carbocycles. The zero-order valence-electron chi connectivity index (χ0n) is 16.5. The number of nitrogens with one attached hydrogen (secondary N) is 1. The van der Waals surface area contributed by atoms with E-state index in [9.17, 15) is 23.3 Å². The van der Waals surface area contributed by atoms with Gasteiger partial charge in [-0.1, -0.05) is 24.3 Å². The zero-order valence-corrected chi connectivity index (χ0v) is 17.4. The van der Waals surface area contributed by atoms with Crippen LogP contribution < -0.4 is 9.73 Å². The Hall–Kier alpha value is -3.27. The van der Waals surface area contributed by atoms with Gasteiger partial charge in [0.05, 0.1) is 22.6 Å². The Morgan fingerprint density at radius 2 is 1.90 bits per heavy atom. The van der Waals surface area contributed by atoms with E-state index < -0.39 is 27.4 Å². The van der Waals surface area contributed by atoms with E-state index in [0.29, 0.717) is 22.5 Å². The molecule has 2 aromatic rings. The molecule has 0 unspecified atom stereocenters. The van der Waals surface area contributed by atoms with E-state index in [4.69, 9.17) is 0 Å². The third-order valence-electron chi connectivity index (χ3n) is 4.14. The SMILES string of the molecule is C/C(=N/NC(=O)CN(c1cc(C)ccc1C)S(C)(=O)=O)c1cccc([N+](=O)[O-])c1. The highest BCUT2D eigenvalue weighted by atomic mass is 32.2. The lowest BCUT2D eigenvalue weighted by Crippen LogP contribution is -2.39. The fourth-order valence-corrected chi connectivity index (χ4v) is 3.50. The van der Waals surface area contributed by atoms with Crippen molar-refractivity contribution >= 4 is 33.0 Å². The highest BCUT2D eigenvalue weighted by molar-refractivity contribution is 7.92.